The fourth-order valence-corrected chi connectivity index (χ4v) is 4.56. The zero-order valence-corrected chi connectivity index (χ0v) is 15.3. The fraction of sp³-hybridized carbons (Fsp3) is 0.286. The molecule has 1 aromatic heterocycles. The van der Waals surface area contributed by atoms with Gasteiger partial charge in [0.15, 0.2) is 0 Å². The summed E-state index contributed by atoms with van der Waals surface area (Å²) in [7, 11) is 0. The summed E-state index contributed by atoms with van der Waals surface area (Å²) in [6, 6.07) is 17.2. The van der Waals surface area contributed by atoms with Gasteiger partial charge < -0.3 is 5.73 Å². The van der Waals surface area contributed by atoms with Gasteiger partial charge in [0.05, 0.1) is 5.69 Å². The number of halogens is 1. The van der Waals surface area contributed by atoms with Crippen molar-refractivity contribution in [3.8, 4) is 10.6 Å². The molecule has 0 radical (unpaired) electrons. The predicted molar refractivity (Wildman–Crippen MR) is 105 cm³/mol. The molecule has 4 rings (SSSR count). The lowest BCUT2D eigenvalue weighted by atomic mass is 9.89. The average molecular weight is 367 g/mol. The van der Waals surface area contributed by atoms with Gasteiger partial charge in [-0.25, -0.2) is 9.37 Å². The van der Waals surface area contributed by atoms with E-state index in [-0.39, 0.29) is 5.82 Å². The minimum Gasteiger partial charge on any atom is -0.330 e. The van der Waals surface area contributed by atoms with Crippen LogP contribution in [0.3, 0.4) is 0 Å². The zero-order chi connectivity index (χ0) is 17.9. The van der Waals surface area contributed by atoms with Crippen molar-refractivity contribution in [2.45, 2.75) is 12.5 Å². The molecule has 1 fully saturated rings. The Hall–Kier alpha value is -2.08. The van der Waals surface area contributed by atoms with E-state index in [0.717, 1.165) is 35.9 Å². The highest BCUT2D eigenvalue weighted by Gasteiger charge is 2.32. The van der Waals surface area contributed by atoms with Crippen molar-refractivity contribution < 1.29 is 4.39 Å². The highest BCUT2D eigenvalue weighted by molar-refractivity contribution is 7.13. The summed E-state index contributed by atoms with van der Waals surface area (Å²) in [5.74, 6) is 0.742. The van der Waals surface area contributed by atoms with Crippen molar-refractivity contribution in [1.82, 2.24) is 9.88 Å². The minimum atomic E-state index is -0.220. The van der Waals surface area contributed by atoms with Crippen LogP contribution in [0.5, 0.6) is 0 Å². The van der Waals surface area contributed by atoms with Crippen LogP contribution in [0.2, 0.25) is 0 Å². The Bertz CT molecular complexity index is 847. The van der Waals surface area contributed by atoms with Crippen molar-refractivity contribution in [3.05, 3.63) is 77.1 Å². The van der Waals surface area contributed by atoms with Crippen LogP contribution < -0.4 is 5.73 Å². The van der Waals surface area contributed by atoms with Crippen molar-refractivity contribution >= 4 is 11.3 Å². The van der Waals surface area contributed by atoms with Gasteiger partial charge in [0.25, 0.3) is 0 Å². The van der Waals surface area contributed by atoms with E-state index in [2.05, 4.69) is 40.6 Å². The number of aromatic nitrogens is 1. The number of hydrogen-bond acceptors (Lipinski definition) is 4. The highest BCUT2D eigenvalue weighted by Crippen LogP contribution is 2.33. The quantitative estimate of drug-likeness (QED) is 0.737. The SMILES string of the molecule is NC[C@@H]1CN(Cc2csc(-c3ccc(F)cc3)n2)C[C@H]1c1ccccc1. The third kappa shape index (κ3) is 3.70. The van der Waals surface area contributed by atoms with E-state index in [1.807, 2.05) is 0 Å². The number of hydrogen-bond donors (Lipinski definition) is 1. The van der Waals surface area contributed by atoms with Crippen molar-refractivity contribution in [1.29, 1.82) is 0 Å². The van der Waals surface area contributed by atoms with Crippen LogP contribution in [-0.2, 0) is 6.54 Å². The second-order valence-electron chi connectivity index (χ2n) is 6.86. The van der Waals surface area contributed by atoms with E-state index < -0.39 is 0 Å². The smallest absolute Gasteiger partial charge is 0.123 e. The third-order valence-corrected chi connectivity index (χ3v) is 6.02. The largest absolute Gasteiger partial charge is 0.330 e. The summed E-state index contributed by atoms with van der Waals surface area (Å²) in [6.45, 7) is 3.54. The molecule has 0 amide bonds. The molecule has 3 nitrogen and oxygen atoms in total. The van der Waals surface area contributed by atoms with Gasteiger partial charge in [-0.05, 0) is 42.3 Å². The standard InChI is InChI=1S/C21H22FN3S/c22-18-8-6-16(7-9-18)21-24-19(14-26-21)12-25-11-17(10-23)20(13-25)15-4-2-1-3-5-15/h1-9,14,17,20H,10-13,23H2/t17-,20+/m1/s1. The van der Waals surface area contributed by atoms with Gasteiger partial charge >= 0.3 is 0 Å². The van der Waals surface area contributed by atoms with E-state index in [4.69, 9.17) is 10.7 Å². The number of benzene rings is 2. The molecule has 26 heavy (non-hydrogen) atoms. The van der Waals surface area contributed by atoms with Gasteiger partial charge in [0, 0.05) is 36.5 Å². The molecule has 1 saturated heterocycles. The molecule has 134 valence electrons. The Morgan fingerprint density at radius 2 is 1.85 bits per heavy atom. The summed E-state index contributed by atoms with van der Waals surface area (Å²) in [5.41, 5.74) is 9.44. The van der Waals surface area contributed by atoms with Crippen LogP contribution in [0.4, 0.5) is 4.39 Å². The number of nitrogens with zero attached hydrogens (tertiary/aromatic N) is 2. The lowest BCUT2D eigenvalue weighted by Crippen LogP contribution is -2.23. The van der Waals surface area contributed by atoms with Crippen molar-refractivity contribution in [2.24, 2.45) is 11.7 Å². The highest BCUT2D eigenvalue weighted by atomic mass is 32.1. The minimum absolute atomic E-state index is 0.220. The first-order valence-corrected chi connectivity index (χ1v) is 9.78. The molecule has 1 aliphatic heterocycles. The molecule has 0 spiro atoms. The van der Waals surface area contributed by atoms with Crippen molar-refractivity contribution in [3.63, 3.8) is 0 Å². The Morgan fingerprint density at radius 3 is 2.58 bits per heavy atom. The lowest BCUT2D eigenvalue weighted by Gasteiger charge is -2.16. The van der Waals surface area contributed by atoms with Crippen LogP contribution in [-0.4, -0.2) is 29.5 Å². The molecule has 1 aliphatic rings. The van der Waals surface area contributed by atoms with Crippen LogP contribution in [0.25, 0.3) is 10.6 Å². The van der Waals surface area contributed by atoms with Gasteiger partial charge in [-0.1, -0.05) is 30.3 Å². The van der Waals surface area contributed by atoms with Gasteiger partial charge in [-0.3, -0.25) is 4.90 Å². The van der Waals surface area contributed by atoms with Crippen LogP contribution in [0.15, 0.2) is 60.0 Å². The van der Waals surface area contributed by atoms with Crippen LogP contribution in [0, 0.1) is 11.7 Å². The van der Waals surface area contributed by atoms with Gasteiger partial charge in [-0.2, -0.15) is 0 Å². The molecule has 2 N–H and O–H groups in total. The van der Waals surface area contributed by atoms with E-state index in [0.29, 0.717) is 18.4 Å². The molecule has 2 aromatic carbocycles. The molecule has 0 saturated carbocycles. The molecule has 3 aromatic rings. The zero-order valence-electron chi connectivity index (χ0n) is 14.5. The Morgan fingerprint density at radius 1 is 1.08 bits per heavy atom. The first-order chi connectivity index (χ1) is 12.7. The second-order valence-corrected chi connectivity index (χ2v) is 7.72. The average Bonchev–Trinajstić information content (AvgIpc) is 3.30. The van der Waals surface area contributed by atoms with Gasteiger partial charge in [-0.15, -0.1) is 11.3 Å². The van der Waals surface area contributed by atoms with Gasteiger partial charge in [0.2, 0.25) is 0 Å². The number of likely N-dealkylation sites (tertiary alicyclic amines) is 1. The summed E-state index contributed by atoms with van der Waals surface area (Å²) < 4.78 is 13.1. The maximum absolute atomic E-state index is 13.1. The molecule has 2 heterocycles. The lowest BCUT2D eigenvalue weighted by molar-refractivity contribution is 0.314. The van der Waals surface area contributed by atoms with Crippen LogP contribution >= 0.6 is 11.3 Å². The third-order valence-electron chi connectivity index (χ3n) is 5.08. The fourth-order valence-electron chi connectivity index (χ4n) is 3.74. The molecule has 5 heteroatoms. The summed E-state index contributed by atoms with van der Waals surface area (Å²) in [6.07, 6.45) is 0. The summed E-state index contributed by atoms with van der Waals surface area (Å²) in [4.78, 5) is 7.19. The molecule has 0 unspecified atom stereocenters. The molecular weight excluding hydrogens is 345 g/mol. The maximum Gasteiger partial charge on any atom is 0.123 e. The van der Waals surface area contributed by atoms with Crippen LogP contribution in [0.1, 0.15) is 17.2 Å². The molecule has 0 bridgehead atoms. The van der Waals surface area contributed by atoms with E-state index in [9.17, 15) is 4.39 Å². The van der Waals surface area contributed by atoms with Crippen molar-refractivity contribution in [2.75, 3.05) is 19.6 Å². The first kappa shape index (κ1) is 17.3. The summed E-state index contributed by atoms with van der Waals surface area (Å²) in [5, 5.41) is 3.04. The first-order valence-electron chi connectivity index (χ1n) is 8.90. The predicted octanol–water partition coefficient (Wildman–Crippen LogP) is 4.12. The number of rotatable bonds is 5. The second kappa shape index (κ2) is 7.66. The van der Waals surface area contributed by atoms with Gasteiger partial charge in [0.1, 0.15) is 10.8 Å². The van der Waals surface area contributed by atoms with E-state index in [1.54, 1.807) is 23.5 Å². The molecule has 2 atom stereocenters. The molecular formula is C21H22FN3S. The number of nitrogens with two attached hydrogens (primary N) is 1. The normalized spacial score (nSPS) is 20.5. The Balaban J connectivity index is 1.46. The number of thiazole rings is 1. The molecule has 0 aliphatic carbocycles. The maximum atomic E-state index is 13.1. The Labute approximate surface area is 157 Å². The van der Waals surface area contributed by atoms with E-state index >= 15 is 0 Å². The summed E-state index contributed by atoms with van der Waals surface area (Å²) >= 11 is 1.61. The monoisotopic (exact) mass is 367 g/mol. The van der Waals surface area contributed by atoms with E-state index in [1.165, 1.54) is 17.7 Å². The topological polar surface area (TPSA) is 42.1 Å². The Kier molecular flexibility index (Phi) is 5.11.